The first-order chi connectivity index (χ1) is 9.16. The van der Waals surface area contributed by atoms with Crippen LogP contribution in [0, 0.1) is 0 Å². The average Bonchev–Trinajstić information content (AvgIpc) is 2.66. The Hall–Kier alpha value is -0.990. The highest BCUT2D eigenvalue weighted by atomic mass is 35.5. The maximum Gasteiger partial charge on any atom is 0.121 e. The molecule has 2 unspecified atom stereocenters. The molecule has 1 aromatic carbocycles. The van der Waals surface area contributed by atoms with Crippen LogP contribution in [0.5, 0.6) is 5.75 Å². The lowest BCUT2D eigenvalue weighted by atomic mass is 9.99. The molecule has 0 heterocycles. The van der Waals surface area contributed by atoms with Crippen molar-refractivity contribution < 1.29 is 4.74 Å². The molecule has 0 aromatic heterocycles. The zero-order valence-electron chi connectivity index (χ0n) is 11.4. The molecule has 0 radical (unpaired) electrons. The van der Waals surface area contributed by atoms with Crippen molar-refractivity contribution in [2.24, 2.45) is 5.73 Å². The van der Waals surface area contributed by atoms with Gasteiger partial charge in [-0.25, -0.2) is 0 Å². The van der Waals surface area contributed by atoms with Gasteiger partial charge >= 0.3 is 0 Å². The van der Waals surface area contributed by atoms with E-state index in [1.165, 1.54) is 24.8 Å². The highest BCUT2D eigenvalue weighted by Gasteiger charge is 2.19. The number of halogens is 1. The van der Waals surface area contributed by atoms with Crippen molar-refractivity contribution in [2.45, 2.75) is 51.2 Å². The summed E-state index contributed by atoms with van der Waals surface area (Å²) < 4.78 is 5.90. The second-order valence-electron chi connectivity index (χ2n) is 5.18. The fourth-order valence-electron chi connectivity index (χ4n) is 2.47. The lowest BCUT2D eigenvalue weighted by Gasteiger charge is -2.24. The highest BCUT2D eigenvalue weighted by Crippen LogP contribution is 2.23. The largest absolute Gasteiger partial charge is 0.489 e. The molecule has 1 aliphatic rings. The Balaban J connectivity index is 1.98. The Morgan fingerprint density at radius 2 is 2.11 bits per heavy atom. The summed E-state index contributed by atoms with van der Waals surface area (Å²) in [5.74, 6) is 0.782. The SMILES string of the molecule is CC(Oc1cccc(Cl)c1)C(N)C1=CCCCCC1. The Morgan fingerprint density at radius 1 is 1.26 bits per heavy atom. The molecule has 0 aliphatic heterocycles. The van der Waals surface area contributed by atoms with E-state index in [1.807, 2.05) is 31.2 Å². The molecule has 1 aliphatic carbocycles. The molecule has 0 fully saturated rings. The normalized spacial score (nSPS) is 19.2. The van der Waals surface area contributed by atoms with Gasteiger partial charge in [0.2, 0.25) is 0 Å². The minimum atomic E-state index is -0.0391. The number of hydrogen-bond donors (Lipinski definition) is 1. The van der Waals surface area contributed by atoms with Crippen LogP contribution in [-0.2, 0) is 0 Å². The molecule has 104 valence electrons. The van der Waals surface area contributed by atoms with Crippen LogP contribution in [0.1, 0.15) is 39.0 Å². The number of allylic oxidation sites excluding steroid dienone is 1. The fraction of sp³-hybridized carbons (Fsp3) is 0.500. The van der Waals surface area contributed by atoms with Crippen molar-refractivity contribution in [1.82, 2.24) is 0 Å². The Morgan fingerprint density at radius 3 is 2.89 bits per heavy atom. The second kappa shape index (κ2) is 6.97. The summed E-state index contributed by atoms with van der Waals surface area (Å²) in [6.07, 6.45) is 8.33. The van der Waals surface area contributed by atoms with Gasteiger partial charge in [0.1, 0.15) is 11.9 Å². The van der Waals surface area contributed by atoms with E-state index >= 15 is 0 Å². The molecule has 0 saturated carbocycles. The smallest absolute Gasteiger partial charge is 0.121 e. The van der Waals surface area contributed by atoms with Gasteiger partial charge in [-0.15, -0.1) is 0 Å². The average molecular weight is 280 g/mol. The Kier molecular flexibility index (Phi) is 5.29. The van der Waals surface area contributed by atoms with E-state index in [-0.39, 0.29) is 12.1 Å². The molecule has 0 spiro atoms. The van der Waals surface area contributed by atoms with Crippen molar-refractivity contribution in [1.29, 1.82) is 0 Å². The molecular formula is C16H22ClNO. The minimum absolute atomic E-state index is 0.0305. The first kappa shape index (κ1) is 14.4. The van der Waals surface area contributed by atoms with Gasteiger partial charge in [0, 0.05) is 5.02 Å². The molecule has 19 heavy (non-hydrogen) atoms. The zero-order valence-corrected chi connectivity index (χ0v) is 12.2. The molecule has 2 rings (SSSR count). The summed E-state index contributed by atoms with van der Waals surface area (Å²) in [4.78, 5) is 0. The quantitative estimate of drug-likeness (QED) is 0.833. The van der Waals surface area contributed by atoms with E-state index in [9.17, 15) is 0 Å². The van der Waals surface area contributed by atoms with Crippen LogP contribution in [0.15, 0.2) is 35.9 Å². The third kappa shape index (κ3) is 4.26. The second-order valence-corrected chi connectivity index (χ2v) is 5.62. The summed E-state index contributed by atoms with van der Waals surface area (Å²) in [5.41, 5.74) is 7.66. The van der Waals surface area contributed by atoms with Gasteiger partial charge in [0.05, 0.1) is 6.04 Å². The molecular weight excluding hydrogens is 258 g/mol. The number of ether oxygens (including phenoxy) is 1. The Labute approximate surface area is 120 Å². The molecule has 2 atom stereocenters. The van der Waals surface area contributed by atoms with Crippen LogP contribution < -0.4 is 10.5 Å². The van der Waals surface area contributed by atoms with Gasteiger partial charge in [-0.1, -0.05) is 35.7 Å². The number of hydrogen-bond acceptors (Lipinski definition) is 2. The fourth-order valence-corrected chi connectivity index (χ4v) is 2.65. The van der Waals surface area contributed by atoms with Gasteiger partial charge in [-0.3, -0.25) is 0 Å². The van der Waals surface area contributed by atoms with E-state index in [0.29, 0.717) is 5.02 Å². The van der Waals surface area contributed by atoms with Gasteiger partial charge < -0.3 is 10.5 Å². The lowest BCUT2D eigenvalue weighted by Crippen LogP contribution is -2.38. The summed E-state index contributed by atoms with van der Waals surface area (Å²) in [6.45, 7) is 2.03. The van der Waals surface area contributed by atoms with Crippen molar-refractivity contribution in [3.63, 3.8) is 0 Å². The maximum absolute atomic E-state index is 6.32. The van der Waals surface area contributed by atoms with E-state index in [4.69, 9.17) is 22.1 Å². The van der Waals surface area contributed by atoms with Gasteiger partial charge in [0.25, 0.3) is 0 Å². The topological polar surface area (TPSA) is 35.2 Å². The molecule has 2 N–H and O–H groups in total. The molecule has 0 bridgehead atoms. The van der Waals surface area contributed by atoms with Crippen molar-refractivity contribution in [3.05, 3.63) is 40.9 Å². The van der Waals surface area contributed by atoms with E-state index < -0.39 is 0 Å². The molecule has 2 nitrogen and oxygen atoms in total. The monoisotopic (exact) mass is 279 g/mol. The van der Waals surface area contributed by atoms with Crippen molar-refractivity contribution in [2.75, 3.05) is 0 Å². The molecule has 0 amide bonds. The zero-order chi connectivity index (χ0) is 13.7. The van der Waals surface area contributed by atoms with E-state index in [0.717, 1.165) is 18.6 Å². The summed E-state index contributed by atoms with van der Waals surface area (Å²) >= 11 is 5.96. The third-order valence-corrected chi connectivity index (χ3v) is 3.86. The van der Waals surface area contributed by atoms with Gasteiger partial charge in [-0.05, 0) is 50.8 Å². The Bertz CT molecular complexity index is 444. The van der Waals surface area contributed by atoms with Crippen LogP contribution in [0.25, 0.3) is 0 Å². The van der Waals surface area contributed by atoms with Crippen LogP contribution >= 0.6 is 11.6 Å². The van der Waals surface area contributed by atoms with Crippen molar-refractivity contribution in [3.8, 4) is 5.75 Å². The number of rotatable bonds is 4. The van der Waals surface area contributed by atoms with Crippen LogP contribution in [0.3, 0.4) is 0 Å². The van der Waals surface area contributed by atoms with Gasteiger partial charge in [-0.2, -0.15) is 0 Å². The minimum Gasteiger partial charge on any atom is -0.489 e. The first-order valence-electron chi connectivity index (χ1n) is 7.03. The third-order valence-electron chi connectivity index (χ3n) is 3.63. The highest BCUT2D eigenvalue weighted by molar-refractivity contribution is 6.30. The van der Waals surface area contributed by atoms with Crippen LogP contribution in [0.4, 0.5) is 0 Å². The van der Waals surface area contributed by atoms with Crippen LogP contribution in [-0.4, -0.2) is 12.1 Å². The maximum atomic E-state index is 6.32. The van der Waals surface area contributed by atoms with Gasteiger partial charge in [0.15, 0.2) is 0 Å². The molecule has 3 heteroatoms. The predicted molar refractivity (Wildman–Crippen MR) is 80.7 cm³/mol. The summed E-state index contributed by atoms with van der Waals surface area (Å²) in [6, 6.07) is 7.44. The van der Waals surface area contributed by atoms with E-state index in [2.05, 4.69) is 6.08 Å². The van der Waals surface area contributed by atoms with Crippen LogP contribution in [0.2, 0.25) is 5.02 Å². The summed E-state index contributed by atoms with van der Waals surface area (Å²) in [7, 11) is 0. The summed E-state index contributed by atoms with van der Waals surface area (Å²) in [5, 5.41) is 0.687. The standard InChI is InChI=1S/C16H22ClNO/c1-12(19-15-10-6-9-14(17)11-15)16(18)13-7-4-2-3-5-8-13/h6-7,9-12,16H,2-5,8,18H2,1H3. The number of nitrogens with two attached hydrogens (primary N) is 1. The lowest BCUT2D eigenvalue weighted by molar-refractivity contribution is 0.201. The predicted octanol–water partition coefficient (Wildman–Crippen LogP) is 4.33. The first-order valence-corrected chi connectivity index (χ1v) is 7.41. The van der Waals surface area contributed by atoms with E-state index in [1.54, 1.807) is 0 Å². The molecule has 1 aromatic rings. The number of benzene rings is 1. The molecule has 0 saturated heterocycles. The van der Waals surface area contributed by atoms with Crippen molar-refractivity contribution >= 4 is 11.6 Å².